The molecule has 0 aliphatic carbocycles. The quantitative estimate of drug-likeness (QED) is 0.613. The topological polar surface area (TPSA) is 61.5 Å². The predicted molar refractivity (Wildman–Crippen MR) is 96.6 cm³/mol. The van der Waals surface area contributed by atoms with E-state index in [1.165, 1.54) is 0 Å². The Bertz CT molecular complexity index is 499. The van der Waals surface area contributed by atoms with Crippen LogP contribution in [0.5, 0.6) is 0 Å². The van der Waals surface area contributed by atoms with Gasteiger partial charge in [-0.25, -0.2) is 0 Å². The van der Waals surface area contributed by atoms with Gasteiger partial charge < -0.3 is 14.9 Å². The Morgan fingerprint density at radius 2 is 1.74 bits per heavy atom. The largest absolute Gasteiger partial charge is 0.460 e. The number of nitrogens with two attached hydrogens (primary N) is 1. The number of rotatable bonds is 7. The molecular weight excluding hydrogens is 306 g/mol. The molecule has 0 saturated heterocycles. The normalized spacial score (nSPS) is 16.0. The van der Waals surface area contributed by atoms with Crippen molar-refractivity contribution in [1.82, 2.24) is 0 Å². The Labute approximate surface area is 142 Å². The van der Waals surface area contributed by atoms with Crippen LogP contribution in [0.2, 0.25) is 13.1 Å². The van der Waals surface area contributed by atoms with Gasteiger partial charge in [-0.15, -0.1) is 0 Å². The van der Waals surface area contributed by atoms with Crippen LogP contribution in [0.15, 0.2) is 30.3 Å². The van der Waals surface area contributed by atoms with Gasteiger partial charge in [-0.05, 0) is 31.0 Å². The van der Waals surface area contributed by atoms with E-state index < -0.39 is 20.6 Å². The van der Waals surface area contributed by atoms with Gasteiger partial charge in [0.15, 0.2) is 9.04 Å². The van der Waals surface area contributed by atoms with Crippen molar-refractivity contribution >= 4 is 15.0 Å². The summed E-state index contributed by atoms with van der Waals surface area (Å²) < 4.78 is 11.8. The number of hydrogen-bond acceptors (Lipinski definition) is 4. The lowest BCUT2D eigenvalue weighted by Crippen LogP contribution is -2.56. The van der Waals surface area contributed by atoms with Gasteiger partial charge in [0.05, 0.1) is 11.5 Å². The van der Waals surface area contributed by atoms with E-state index in [-0.39, 0.29) is 24.5 Å². The Balaban J connectivity index is 2.91. The molecule has 0 heterocycles. The SMILES string of the molecule is C[SiH](C)O[C@](C)([C@H](CN)C(=O)OCc1ccccc1)C(C)(C)C. The summed E-state index contributed by atoms with van der Waals surface area (Å²) in [5.41, 5.74) is 6.04. The molecular formula is C18H31NO3Si. The predicted octanol–water partition coefficient (Wildman–Crippen LogP) is 3.11. The van der Waals surface area contributed by atoms with E-state index in [2.05, 4.69) is 33.9 Å². The first-order chi connectivity index (χ1) is 10.6. The summed E-state index contributed by atoms with van der Waals surface area (Å²) >= 11 is 0. The zero-order chi connectivity index (χ0) is 17.7. The van der Waals surface area contributed by atoms with Crippen molar-refractivity contribution in [1.29, 1.82) is 0 Å². The number of esters is 1. The smallest absolute Gasteiger partial charge is 0.313 e. The van der Waals surface area contributed by atoms with Crippen molar-refractivity contribution in [2.45, 2.75) is 53.0 Å². The molecule has 4 nitrogen and oxygen atoms in total. The molecule has 2 N–H and O–H groups in total. The molecule has 0 fully saturated rings. The van der Waals surface area contributed by atoms with Gasteiger partial charge in [0, 0.05) is 6.54 Å². The van der Waals surface area contributed by atoms with Crippen LogP contribution >= 0.6 is 0 Å². The van der Waals surface area contributed by atoms with E-state index in [4.69, 9.17) is 14.9 Å². The van der Waals surface area contributed by atoms with E-state index in [1.807, 2.05) is 37.3 Å². The Morgan fingerprint density at radius 1 is 1.17 bits per heavy atom. The fourth-order valence-corrected chi connectivity index (χ4v) is 4.14. The lowest BCUT2D eigenvalue weighted by Gasteiger charge is -2.47. The number of carbonyl (C=O) groups excluding carboxylic acids is 1. The Hall–Kier alpha value is -1.17. The highest BCUT2D eigenvalue weighted by Gasteiger charge is 2.49. The molecule has 0 spiro atoms. The first kappa shape index (κ1) is 19.9. The molecule has 0 aliphatic heterocycles. The van der Waals surface area contributed by atoms with Gasteiger partial charge >= 0.3 is 5.97 Å². The summed E-state index contributed by atoms with van der Waals surface area (Å²) in [4.78, 5) is 12.7. The molecule has 0 radical (unpaired) electrons. The number of benzene rings is 1. The molecule has 5 heteroatoms. The van der Waals surface area contributed by atoms with Crippen molar-refractivity contribution < 1.29 is 14.0 Å². The van der Waals surface area contributed by atoms with Gasteiger partial charge in [-0.3, -0.25) is 4.79 Å². The first-order valence-corrected chi connectivity index (χ1v) is 11.0. The molecule has 0 amide bonds. The zero-order valence-corrected chi connectivity index (χ0v) is 16.4. The maximum atomic E-state index is 12.7. The van der Waals surface area contributed by atoms with E-state index in [1.54, 1.807) is 0 Å². The van der Waals surface area contributed by atoms with Crippen molar-refractivity contribution in [2.75, 3.05) is 6.54 Å². The van der Waals surface area contributed by atoms with Crippen molar-refractivity contribution in [2.24, 2.45) is 17.1 Å². The van der Waals surface area contributed by atoms with Crippen LogP contribution in [0.25, 0.3) is 0 Å². The second-order valence-corrected chi connectivity index (χ2v) is 9.74. The molecule has 1 aromatic rings. The summed E-state index contributed by atoms with van der Waals surface area (Å²) in [6, 6.07) is 9.66. The van der Waals surface area contributed by atoms with E-state index in [9.17, 15) is 4.79 Å². The summed E-state index contributed by atoms with van der Waals surface area (Å²) in [5, 5.41) is 0. The molecule has 130 valence electrons. The average Bonchev–Trinajstić information content (AvgIpc) is 2.45. The monoisotopic (exact) mass is 337 g/mol. The molecule has 0 aromatic heterocycles. The van der Waals surface area contributed by atoms with Gasteiger partial charge in [0.2, 0.25) is 0 Å². The van der Waals surface area contributed by atoms with Gasteiger partial charge in [-0.2, -0.15) is 0 Å². The maximum Gasteiger partial charge on any atom is 0.313 e. The third-order valence-corrected chi connectivity index (χ3v) is 5.34. The second-order valence-electron chi connectivity index (χ2n) is 7.41. The van der Waals surface area contributed by atoms with Crippen LogP contribution in [-0.2, 0) is 20.6 Å². The van der Waals surface area contributed by atoms with Crippen molar-refractivity contribution in [3.63, 3.8) is 0 Å². The van der Waals surface area contributed by atoms with Crippen LogP contribution in [0.4, 0.5) is 0 Å². The highest BCUT2D eigenvalue weighted by Crippen LogP contribution is 2.40. The summed E-state index contributed by atoms with van der Waals surface area (Å²) in [7, 11) is -1.35. The van der Waals surface area contributed by atoms with Crippen LogP contribution in [-0.4, -0.2) is 27.2 Å². The van der Waals surface area contributed by atoms with Crippen molar-refractivity contribution in [3.8, 4) is 0 Å². The highest BCUT2D eigenvalue weighted by molar-refractivity contribution is 6.48. The maximum absolute atomic E-state index is 12.7. The molecule has 0 bridgehead atoms. The van der Waals surface area contributed by atoms with Gasteiger partial charge in [0.25, 0.3) is 0 Å². The Kier molecular flexibility index (Phi) is 6.98. The molecule has 1 aromatic carbocycles. The minimum absolute atomic E-state index is 0.211. The van der Waals surface area contributed by atoms with Crippen LogP contribution in [0.3, 0.4) is 0 Å². The van der Waals surface area contributed by atoms with Crippen molar-refractivity contribution in [3.05, 3.63) is 35.9 Å². The molecule has 2 atom stereocenters. The lowest BCUT2D eigenvalue weighted by atomic mass is 9.70. The molecule has 23 heavy (non-hydrogen) atoms. The van der Waals surface area contributed by atoms with E-state index >= 15 is 0 Å². The molecule has 0 unspecified atom stereocenters. The third-order valence-electron chi connectivity index (χ3n) is 4.38. The number of ether oxygens (including phenoxy) is 1. The van der Waals surface area contributed by atoms with Gasteiger partial charge in [0.1, 0.15) is 6.61 Å². The minimum Gasteiger partial charge on any atom is -0.460 e. The lowest BCUT2D eigenvalue weighted by molar-refractivity contribution is -0.164. The fourth-order valence-electron chi connectivity index (χ4n) is 2.65. The highest BCUT2D eigenvalue weighted by atomic mass is 28.3. The first-order valence-electron chi connectivity index (χ1n) is 8.20. The summed E-state index contributed by atoms with van der Waals surface area (Å²) in [6.07, 6.45) is 0. The zero-order valence-electron chi connectivity index (χ0n) is 15.3. The van der Waals surface area contributed by atoms with Gasteiger partial charge in [-0.1, -0.05) is 51.1 Å². The summed E-state index contributed by atoms with van der Waals surface area (Å²) in [6.45, 7) is 12.9. The third kappa shape index (κ3) is 5.16. The molecule has 1 rings (SSSR count). The number of hydrogen-bond donors (Lipinski definition) is 1. The van der Waals surface area contributed by atoms with Crippen LogP contribution in [0, 0.1) is 11.3 Å². The van der Waals surface area contributed by atoms with E-state index in [0.29, 0.717) is 0 Å². The van der Waals surface area contributed by atoms with Crippen LogP contribution < -0.4 is 5.73 Å². The number of carbonyl (C=O) groups is 1. The standard InChI is InChI=1S/C18H31NO3Si/c1-17(2,3)18(4,22-23(5)6)15(12-19)16(20)21-13-14-10-8-7-9-11-14/h7-11,15,23H,12-13,19H2,1-6H3/t15-,18-/m1/s1. The molecule has 0 aliphatic rings. The summed E-state index contributed by atoms with van der Waals surface area (Å²) in [5.74, 6) is -0.774. The second kappa shape index (κ2) is 8.08. The molecule has 0 saturated carbocycles. The fraction of sp³-hybridized carbons (Fsp3) is 0.611. The van der Waals surface area contributed by atoms with E-state index in [0.717, 1.165) is 5.56 Å². The van der Waals surface area contributed by atoms with Crippen LogP contribution in [0.1, 0.15) is 33.3 Å². The minimum atomic E-state index is -1.35. The Morgan fingerprint density at radius 3 is 2.17 bits per heavy atom. The average molecular weight is 338 g/mol.